The molecule has 0 saturated carbocycles. The molecular weight excluding hydrogens is 252 g/mol. The Morgan fingerprint density at radius 3 is 2.50 bits per heavy atom. The van der Waals surface area contributed by atoms with Gasteiger partial charge in [-0.3, -0.25) is 4.98 Å². The third-order valence-corrected chi connectivity index (χ3v) is 3.24. The third kappa shape index (κ3) is 3.27. The van der Waals surface area contributed by atoms with Gasteiger partial charge in [0, 0.05) is 24.8 Å². The van der Waals surface area contributed by atoms with E-state index in [1.807, 2.05) is 18.2 Å². The number of nitrogens with one attached hydrogen (secondary N) is 1. The first-order valence-electron chi connectivity index (χ1n) is 6.60. The Bertz CT molecular complexity index is 543. The zero-order valence-electron chi connectivity index (χ0n) is 12.1. The number of pyridine rings is 1. The summed E-state index contributed by atoms with van der Waals surface area (Å²) in [7, 11) is 3.26. The van der Waals surface area contributed by atoms with Gasteiger partial charge in [0.2, 0.25) is 0 Å². The highest BCUT2D eigenvalue weighted by Crippen LogP contribution is 2.29. The van der Waals surface area contributed by atoms with E-state index in [2.05, 4.69) is 29.4 Å². The largest absolute Gasteiger partial charge is 0.493 e. The van der Waals surface area contributed by atoms with Gasteiger partial charge >= 0.3 is 0 Å². The average Bonchev–Trinajstić information content (AvgIpc) is 2.52. The van der Waals surface area contributed by atoms with Crippen LogP contribution in [-0.4, -0.2) is 19.2 Å². The van der Waals surface area contributed by atoms with E-state index < -0.39 is 0 Å². The number of hydrogen-bond acceptors (Lipinski definition) is 4. The van der Waals surface area contributed by atoms with Gasteiger partial charge in [-0.25, -0.2) is 0 Å². The smallest absolute Gasteiger partial charge is 0.183 e. The number of rotatable bonds is 6. The average molecular weight is 272 g/mol. The van der Waals surface area contributed by atoms with Crippen LogP contribution in [-0.2, 0) is 6.54 Å². The molecule has 4 nitrogen and oxygen atoms in total. The summed E-state index contributed by atoms with van der Waals surface area (Å²) in [6.07, 6.45) is 1.73. The van der Waals surface area contributed by atoms with Crippen molar-refractivity contribution in [1.82, 2.24) is 10.3 Å². The molecule has 20 heavy (non-hydrogen) atoms. The van der Waals surface area contributed by atoms with Gasteiger partial charge in [-0.2, -0.15) is 0 Å². The highest BCUT2D eigenvalue weighted by Gasteiger charge is 2.12. The van der Waals surface area contributed by atoms with Crippen molar-refractivity contribution in [3.63, 3.8) is 0 Å². The van der Waals surface area contributed by atoms with Crippen LogP contribution in [0, 0.1) is 0 Å². The molecule has 0 bridgehead atoms. The number of benzene rings is 1. The van der Waals surface area contributed by atoms with Crippen LogP contribution < -0.4 is 14.8 Å². The minimum absolute atomic E-state index is 0.244. The van der Waals surface area contributed by atoms with Gasteiger partial charge in [-0.05, 0) is 12.5 Å². The fraction of sp³-hybridized carbons (Fsp3) is 0.312. The standard InChI is InChI=1S/C16H20N2O2/c1-12(13-7-5-4-6-8-13)18-11-14-16(20-3)15(19-2)9-10-17-14/h4-10,12,18H,11H2,1-3H3. The van der Waals surface area contributed by atoms with Crippen molar-refractivity contribution in [2.45, 2.75) is 19.5 Å². The minimum atomic E-state index is 0.244. The molecule has 1 aromatic heterocycles. The summed E-state index contributed by atoms with van der Waals surface area (Å²) in [5, 5.41) is 3.44. The summed E-state index contributed by atoms with van der Waals surface area (Å²) >= 11 is 0. The summed E-state index contributed by atoms with van der Waals surface area (Å²) in [4.78, 5) is 4.36. The topological polar surface area (TPSA) is 43.4 Å². The van der Waals surface area contributed by atoms with E-state index >= 15 is 0 Å². The second kappa shape index (κ2) is 6.91. The van der Waals surface area contributed by atoms with Gasteiger partial charge < -0.3 is 14.8 Å². The molecule has 1 unspecified atom stereocenters. The predicted octanol–water partition coefficient (Wildman–Crippen LogP) is 2.95. The second-order valence-electron chi connectivity index (χ2n) is 4.51. The Kier molecular flexibility index (Phi) is 4.96. The lowest BCUT2D eigenvalue weighted by Gasteiger charge is -2.16. The van der Waals surface area contributed by atoms with Crippen molar-refractivity contribution in [2.75, 3.05) is 14.2 Å². The highest BCUT2D eigenvalue weighted by molar-refractivity contribution is 5.42. The Morgan fingerprint density at radius 2 is 1.85 bits per heavy atom. The summed E-state index contributed by atoms with van der Waals surface area (Å²) in [5.41, 5.74) is 2.09. The van der Waals surface area contributed by atoms with Gasteiger partial charge in [0.25, 0.3) is 0 Å². The molecule has 106 valence electrons. The lowest BCUT2D eigenvalue weighted by molar-refractivity contribution is 0.347. The Labute approximate surface area is 119 Å². The van der Waals surface area contributed by atoms with Gasteiger partial charge in [0.15, 0.2) is 11.5 Å². The molecule has 0 aliphatic rings. The molecule has 0 spiro atoms. The zero-order valence-corrected chi connectivity index (χ0v) is 12.1. The van der Waals surface area contributed by atoms with Gasteiger partial charge in [0.1, 0.15) is 0 Å². The molecular formula is C16H20N2O2. The SMILES string of the molecule is COc1ccnc(CNC(C)c2ccccc2)c1OC. The molecule has 2 aromatic rings. The van der Waals surface area contributed by atoms with E-state index in [1.165, 1.54) is 5.56 Å². The predicted molar refractivity (Wildman–Crippen MR) is 79.0 cm³/mol. The molecule has 0 amide bonds. The molecule has 2 rings (SSSR count). The van der Waals surface area contributed by atoms with Crippen LogP contribution in [0.1, 0.15) is 24.2 Å². The number of methoxy groups -OCH3 is 2. The Hall–Kier alpha value is -2.07. The first-order valence-corrected chi connectivity index (χ1v) is 6.60. The van der Waals surface area contributed by atoms with E-state index in [0.29, 0.717) is 18.0 Å². The summed E-state index contributed by atoms with van der Waals surface area (Å²) in [6.45, 7) is 2.75. The van der Waals surface area contributed by atoms with E-state index in [-0.39, 0.29) is 6.04 Å². The summed E-state index contributed by atoms with van der Waals surface area (Å²) < 4.78 is 10.7. The molecule has 0 radical (unpaired) electrons. The number of nitrogens with zero attached hydrogens (tertiary/aromatic N) is 1. The van der Waals surface area contributed by atoms with Crippen molar-refractivity contribution in [3.05, 3.63) is 53.9 Å². The van der Waals surface area contributed by atoms with Crippen LogP contribution in [0.2, 0.25) is 0 Å². The molecule has 1 N–H and O–H groups in total. The van der Waals surface area contributed by atoms with Crippen molar-refractivity contribution in [1.29, 1.82) is 0 Å². The van der Waals surface area contributed by atoms with Crippen molar-refractivity contribution < 1.29 is 9.47 Å². The highest BCUT2D eigenvalue weighted by atomic mass is 16.5. The minimum Gasteiger partial charge on any atom is -0.493 e. The van der Waals surface area contributed by atoms with Gasteiger partial charge in [0.05, 0.1) is 19.9 Å². The van der Waals surface area contributed by atoms with E-state index in [1.54, 1.807) is 26.5 Å². The van der Waals surface area contributed by atoms with Crippen LogP contribution in [0.25, 0.3) is 0 Å². The zero-order chi connectivity index (χ0) is 14.4. The number of hydrogen-bond donors (Lipinski definition) is 1. The molecule has 1 heterocycles. The van der Waals surface area contributed by atoms with Crippen molar-refractivity contribution in [2.24, 2.45) is 0 Å². The van der Waals surface area contributed by atoms with E-state index in [4.69, 9.17) is 9.47 Å². The summed E-state index contributed by atoms with van der Waals surface area (Å²) in [6, 6.07) is 12.3. The Balaban J connectivity index is 2.07. The molecule has 1 aromatic carbocycles. The number of ether oxygens (including phenoxy) is 2. The maximum atomic E-state index is 5.38. The fourth-order valence-electron chi connectivity index (χ4n) is 2.09. The fourth-order valence-corrected chi connectivity index (χ4v) is 2.09. The summed E-state index contributed by atoms with van der Waals surface area (Å²) in [5.74, 6) is 1.38. The first-order chi connectivity index (χ1) is 9.76. The first kappa shape index (κ1) is 14.3. The molecule has 4 heteroatoms. The van der Waals surface area contributed by atoms with Crippen LogP contribution >= 0.6 is 0 Å². The van der Waals surface area contributed by atoms with E-state index in [9.17, 15) is 0 Å². The molecule has 0 aliphatic carbocycles. The van der Waals surface area contributed by atoms with Gasteiger partial charge in [-0.15, -0.1) is 0 Å². The molecule has 1 atom stereocenters. The van der Waals surface area contributed by atoms with E-state index in [0.717, 1.165) is 5.69 Å². The lowest BCUT2D eigenvalue weighted by Crippen LogP contribution is -2.19. The monoisotopic (exact) mass is 272 g/mol. The number of aromatic nitrogens is 1. The van der Waals surface area contributed by atoms with Gasteiger partial charge in [-0.1, -0.05) is 30.3 Å². The second-order valence-corrected chi connectivity index (χ2v) is 4.51. The maximum absolute atomic E-state index is 5.38. The van der Waals surface area contributed by atoms with Crippen LogP contribution in [0.5, 0.6) is 11.5 Å². The third-order valence-electron chi connectivity index (χ3n) is 3.24. The quantitative estimate of drug-likeness (QED) is 0.878. The molecule has 0 saturated heterocycles. The van der Waals surface area contributed by atoms with Crippen LogP contribution in [0.3, 0.4) is 0 Å². The van der Waals surface area contributed by atoms with Crippen LogP contribution in [0.15, 0.2) is 42.6 Å². The Morgan fingerprint density at radius 1 is 1.10 bits per heavy atom. The molecule has 0 aliphatic heterocycles. The normalized spacial score (nSPS) is 11.9. The van der Waals surface area contributed by atoms with Crippen molar-refractivity contribution in [3.8, 4) is 11.5 Å². The lowest BCUT2D eigenvalue weighted by atomic mass is 10.1. The maximum Gasteiger partial charge on any atom is 0.183 e. The van der Waals surface area contributed by atoms with Crippen molar-refractivity contribution >= 4 is 0 Å². The van der Waals surface area contributed by atoms with Crippen LogP contribution in [0.4, 0.5) is 0 Å². The molecule has 0 fully saturated rings.